The lowest BCUT2D eigenvalue weighted by Crippen LogP contribution is -2.18. The third-order valence-corrected chi connectivity index (χ3v) is 3.12. The minimum absolute atomic E-state index is 0.173. The highest BCUT2D eigenvalue weighted by Gasteiger charge is 2.09. The van der Waals surface area contributed by atoms with Gasteiger partial charge in [-0.2, -0.15) is 15.0 Å². The molecule has 0 amide bonds. The number of hydrogen-bond acceptors (Lipinski definition) is 5. The Bertz CT molecular complexity index is 528. The Morgan fingerprint density at radius 2 is 2.15 bits per heavy atom. The van der Waals surface area contributed by atoms with Crippen molar-refractivity contribution in [3.05, 3.63) is 24.0 Å². The van der Waals surface area contributed by atoms with E-state index < -0.39 is 0 Å². The Labute approximate surface area is 123 Å². The SMILES string of the molecule is CCCCCC(C)Nc1nc(Cl)nc(-n2ccnc2)n1. The molecule has 2 rings (SSSR count). The zero-order valence-electron chi connectivity index (χ0n) is 11.8. The number of anilines is 1. The highest BCUT2D eigenvalue weighted by Crippen LogP contribution is 2.12. The molecule has 0 aliphatic rings. The summed E-state index contributed by atoms with van der Waals surface area (Å²) in [6, 6.07) is 0.302. The molecule has 20 heavy (non-hydrogen) atoms. The van der Waals surface area contributed by atoms with Crippen LogP contribution in [0.25, 0.3) is 5.95 Å². The molecule has 2 aromatic rings. The fraction of sp³-hybridized carbons (Fsp3) is 0.538. The lowest BCUT2D eigenvalue weighted by molar-refractivity contribution is 0.611. The predicted octanol–water partition coefficient (Wildman–Crippen LogP) is 3.09. The number of nitrogens with zero attached hydrogens (tertiary/aromatic N) is 5. The number of imidazole rings is 1. The van der Waals surface area contributed by atoms with Crippen LogP contribution < -0.4 is 5.32 Å². The maximum Gasteiger partial charge on any atom is 0.241 e. The first-order valence-electron chi connectivity index (χ1n) is 6.85. The van der Waals surface area contributed by atoms with Gasteiger partial charge in [0.15, 0.2) is 0 Å². The molecule has 0 saturated carbocycles. The molecule has 6 nitrogen and oxygen atoms in total. The van der Waals surface area contributed by atoms with Crippen LogP contribution in [0, 0.1) is 0 Å². The van der Waals surface area contributed by atoms with Gasteiger partial charge >= 0.3 is 0 Å². The summed E-state index contributed by atoms with van der Waals surface area (Å²) in [5, 5.41) is 3.44. The molecule has 0 aliphatic carbocycles. The van der Waals surface area contributed by atoms with Gasteiger partial charge in [-0.15, -0.1) is 0 Å². The Morgan fingerprint density at radius 3 is 2.85 bits per heavy atom. The highest BCUT2D eigenvalue weighted by atomic mass is 35.5. The quantitative estimate of drug-likeness (QED) is 0.795. The fourth-order valence-corrected chi connectivity index (χ4v) is 2.05. The summed E-state index contributed by atoms with van der Waals surface area (Å²) in [6.07, 6.45) is 9.78. The van der Waals surface area contributed by atoms with Gasteiger partial charge in [0.05, 0.1) is 0 Å². The number of hydrogen-bond donors (Lipinski definition) is 1. The second kappa shape index (κ2) is 7.19. The van der Waals surface area contributed by atoms with E-state index in [2.05, 4.69) is 39.1 Å². The van der Waals surface area contributed by atoms with E-state index in [1.807, 2.05) is 0 Å². The summed E-state index contributed by atoms with van der Waals surface area (Å²) >= 11 is 5.94. The smallest absolute Gasteiger partial charge is 0.241 e. The Morgan fingerprint density at radius 1 is 1.30 bits per heavy atom. The van der Waals surface area contributed by atoms with Crippen molar-refractivity contribution < 1.29 is 0 Å². The topological polar surface area (TPSA) is 68.5 Å². The lowest BCUT2D eigenvalue weighted by atomic mass is 10.1. The number of aromatic nitrogens is 5. The molecule has 0 aromatic carbocycles. The number of rotatable bonds is 7. The third kappa shape index (κ3) is 4.16. The van der Waals surface area contributed by atoms with Crippen LogP contribution in [0.4, 0.5) is 5.95 Å². The molecule has 0 radical (unpaired) electrons. The van der Waals surface area contributed by atoms with Gasteiger partial charge in [0, 0.05) is 18.4 Å². The van der Waals surface area contributed by atoms with Gasteiger partial charge in [0.2, 0.25) is 17.2 Å². The van der Waals surface area contributed by atoms with Crippen LogP contribution in [-0.2, 0) is 0 Å². The van der Waals surface area contributed by atoms with Gasteiger partial charge in [-0.05, 0) is 24.9 Å². The zero-order chi connectivity index (χ0) is 14.4. The van der Waals surface area contributed by atoms with E-state index in [1.165, 1.54) is 19.3 Å². The Kier molecular flexibility index (Phi) is 5.29. The molecule has 1 unspecified atom stereocenters. The van der Waals surface area contributed by atoms with E-state index in [0.717, 1.165) is 6.42 Å². The summed E-state index contributed by atoms with van der Waals surface area (Å²) < 4.78 is 1.69. The molecule has 1 N–H and O–H groups in total. The molecule has 2 aromatic heterocycles. The van der Waals surface area contributed by atoms with Gasteiger partial charge in [-0.1, -0.05) is 26.2 Å². The van der Waals surface area contributed by atoms with Crippen LogP contribution in [0.3, 0.4) is 0 Å². The molecule has 0 aliphatic heterocycles. The largest absolute Gasteiger partial charge is 0.352 e. The molecule has 0 bridgehead atoms. The molecule has 0 spiro atoms. The first kappa shape index (κ1) is 14.7. The van der Waals surface area contributed by atoms with E-state index in [4.69, 9.17) is 11.6 Å². The van der Waals surface area contributed by atoms with E-state index in [1.54, 1.807) is 23.3 Å². The van der Waals surface area contributed by atoms with Gasteiger partial charge in [0.25, 0.3) is 0 Å². The van der Waals surface area contributed by atoms with E-state index in [-0.39, 0.29) is 5.28 Å². The maximum atomic E-state index is 5.94. The van der Waals surface area contributed by atoms with Gasteiger partial charge in [-0.25, -0.2) is 4.98 Å². The Balaban J connectivity index is 2.05. The van der Waals surface area contributed by atoms with E-state index in [9.17, 15) is 0 Å². The van der Waals surface area contributed by atoms with Crippen molar-refractivity contribution in [2.45, 2.75) is 45.6 Å². The normalized spacial score (nSPS) is 12.3. The van der Waals surface area contributed by atoms with Crippen molar-refractivity contribution >= 4 is 17.5 Å². The molecule has 1 atom stereocenters. The van der Waals surface area contributed by atoms with Crippen molar-refractivity contribution in [1.82, 2.24) is 24.5 Å². The minimum atomic E-state index is 0.173. The van der Waals surface area contributed by atoms with E-state index >= 15 is 0 Å². The molecule has 0 saturated heterocycles. The monoisotopic (exact) mass is 294 g/mol. The average Bonchev–Trinajstić information content (AvgIpc) is 2.92. The van der Waals surface area contributed by atoms with Crippen molar-refractivity contribution in [2.24, 2.45) is 0 Å². The van der Waals surface area contributed by atoms with Gasteiger partial charge < -0.3 is 5.32 Å². The second-order valence-corrected chi connectivity index (χ2v) is 5.08. The summed E-state index contributed by atoms with van der Waals surface area (Å²) in [5.41, 5.74) is 0. The van der Waals surface area contributed by atoms with Crippen molar-refractivity contribution in [2.75, 3.05) is 5.32 Å². The van der Waals surface area contributed by atoms with Gasteiger partial charge in [0.1, 0.15) is 6.33 Å². The summed E-state index contributed by atoms with van der Waals surface area (Å²) in [5.74, 6) is 0.962. The Hall–Kier alpha value is -1.69. The molecular formula is C13H19ClN6. The van der Waals surface area contributed by atoms with Crippen molar-refractivity contribution in [3.8, 4) is 5.95 Å². The lowest BCUT2D eigenvalue weighted by Gasteiger charge is -2.14. The van der Waals surface area contributed by atoms with Crippen LogP contribution in [0.2, 0.25) is 5.28 Å². The van der Waals surface area contributed by atoms with Crippen LogP contribution in [0.1, 0.15) is 39.5 Å². The van der Waals surface area contributed by atoms with Crippen molar-refractivity contribution in [1.29, 1.82) is 0 Å². The molecule has 7 heteroatoms. The standard InChI is InChI=1S/C13H19ClN6/c1-3-4-5-6-10(2)16-12-17-11(14)18-13(19-12)20-8-7-15-9-20/h7-10H,3-6H2,1-2H3,(H,16,17,18,19). The van der Waals surface area contributed by atoms with Gasteiger partial charge in [-0.3, -0.25) is 4.57 Å². The zero-order valence-corrected chi connectivity index (χ0v) is 12.5. The second-order valence-electron chi connectivity index (χ2n) is 4.74. The molecular weight excluding hydrogens is 276 g/mol. The first-order chi connectivity index (χ1) is 9.69. The van der Waals surface area contributed by atoms with Crippen molar-refractivity contribution in [3.63, 3.8) is 0 Å². The van der Waals surface area contributed by atoms with E-state index in [0.29, 0.717) is 17.9 Å². The number of unbranched alkanes of at least 4 members (excludes halogenated alkanes) is 2. The third-order valence-electron chi connectivity index (χ3n) is 2.95. The predicted molar refractivity (Wildman–Crippen MR) is 79.2 cm³/mol. The highest BCUT2D eigenvalue weighted by molar-refractivity contribution is 6.28. The molecule has 108 valence electrons. The average molecular weight is 295 g/mol. The molecule has 0 fully saturated rings. The summed E-state index contributed by atoms with van der Waals surface area (Å²) in [6.45, 7) is 4.31. The fourth-order valence-electron chi connectivity index (χ4n) is 1.89. The minimum Gasteiger partial charge on any atom is -0.352 e. The maximum absolute atomic E-state index is 5.94. The number of halogens is 1. The van der Waals surface area contributed by atoms with Crippen LogP contribution in [0.15, 0.2) is 18.7 Å². The summed E-state index contributed by atoms with van der Waals surface area (Å²) in [7, 11) is 0. The molecule has 2 heterocycles. The van der Waals surface area contributed by atoms with Crippen LogP contribution in [-0.4, -0.2) is 30.5 Å². The number of nitrogens with one attached hydrogen (secondary N) is 1. The summed E-state index contributed by atoms with van der Waals surface area (Å²) in [4.78, 5) is 16.5. The van der Waals surface area contributed by atoms with Crippen LogP contribution in [0.5, 0.6) is 0 Å². The first-order valence-corrected chi connectivity index (χ1v) is 7.23. The van der Waals surface area contributed by atoms with Crippen LogP contribution >= 0.6 is 11.6 Å².